The van der Waals surface area contributed by atoms with Gasteiger partial charge in [0, 0.05) is 6.04 Å². The van der Waals surface area contributed by atoms with Gasteiger partial charge in [0.2, 0.25) is 0 Å². The van der Waals surface area contributed by atoms with Gasteiger partial charge in [-0.15, -0.1) is 0 Å². The lowest BCUT2D eigenvalue weighted by atomic mass is 10.0. The molecule has 0 bridgehead atoms. The maximum Gasteiger partial charge on any atom is 0.122 e. The summed E-state index contributed by atoms with van der Waals surface area (Å²) in [6.07, 6.45) is 0.947. The van der Waals surface area contributed by atoms with Gasteiger partial charge < -0.3 is 10.2 Å². The van der Waals surface area contributed by atoms with Crippen molar-refractivity contribution in [2.75, 3.05) is 14.1 Å². The lowest BCUT2D eigenvalue weighted by Crippen LogP contribution is -2.36. The number of hydrogen-bond donors (Lipinski definition) is 1. The molecule has 0 saturated carbocycles. The van der Waals surface area contributed by atoms with Crippen LogP contribution in [0.4, 0.5) is 0 Å². The van der Waals surface area contributed by atoms with Crippen molar-refractivity contribution in [3.8, 4) is 0 Å². The molecule has 2 N–H and O–H groups in total. The molecule has 0 radical (unpaired) electrons. The minimum Gasteiger partial charge on any atom is -0.465 e. The molecule has 0 aliphatic heterocycles. The number of aryl methyl sites for hydroxylation is 1. The van der Waals surface area contributed by atoms with E-state index in [0.29, 0.717) is 0 Å². The maximum atomic E-state index is 6.06. The van der Waals surface area contributed by atoms with E-state index in [0.717, 1.165) is 17.9 Å². The summed E-state index contributed by atoms with van der Waals surface area (Å²) >= 11 is 0. The van der Waals surface area contributed by atoms with Gasteiger partial charge in [-0.2, -0.15) is 0 Å². The fourth-order valence-corrected chi connectivity index (χ4v) is 1.68. The Morgan fingerprint density at radius 3 is 2.43 bits per heavy atom. The third-order valence-electron chi connectivity index (χ3n) is 2.49. The van der Waals surface area contributed by atoms with Gasteiger partial charge in [-0.1, -0.05) is 6.92 Å². The first-order chi connectivity index (χ1) is 6.56. The summed E-state index contributed by atoms with van der Waals surface area (Å²) < 4.78 is 5.61. The summed E-state index contributed by atoms with van der Waals surface area (Å²) in [5.41, 5.74) is 6.06. The Bertz CT molecular complexity index is 281. The molecule has 14 heavy (non-hydrogen) atoms. The molecule has 0 amide bonds. The van der Waals surface area contributed by atoms with Crippen LogP contribution in [0, 0.1) is 6.92 Å². The average Bonchev–Trinajstić information content (AvgIpc) is 2.51. The van der Waals surface area contributed by atoms with E-state index in [1.807, 2.05) is 33.2 Å². The Morgan fingerprint density at radius 2 is 2.07 bits per heavy atom. The van der Waals surface area contributed by atoms with Crippen LogP contribution in [-0.2, 0) is 0 Å². The van der Waals surface area contributed by atoms with Crippen LogP contribution in [0.3, 0.4) is 0 Å². The third kappa shape index (κ3) is 2.36. The first-order valence-electron chi connectivity index (χ1n) is 5.04. The quantitative estimate of drug-likeness (QED) is 0.800. The van der Waals surface area contributed by atoms with Gasteiger partial charge in [0.1, 0.15) is 11.5 Å². The standard InChI is InChI=1S/C11H20N2O/c1-5-9(12)11(13(3)4)10-7-6-8(2)14-10/h6-7,9,11H,5,12H2,1-4H3. The second kappa shape index (κ2) is 4.62. The summed E-state index contributed by atoms with van der Waals surface area (Å²) in [6, 6.07) is 4.29. The van der Waals surface area contributed by atoms with Gasteiger partial charge in [0.25, 0.3) is 0 Å². The molecule has 80 valence electrons. The zero-order chi connectivity index (χ0) is 10.7. The normalized spacial score (nSPS) is 15.9. The highest BCUT2D eigenvalue weighted by Gasteiger charge is 2.23. The van der Waals surface area contributed by atoms with Crippen LogP contribution in [0.5, 0.6) is 0 Å². The smallest absolute Gasteiger partial charge is 0.122 e. The fraction of sp³-hybridized carbons (Fsp3) is 0.636. The van der Waals surface area contributed by atoms with Gasteiger partial charge in [-0.05, 0) is 39.6 Å². The molecule has 2 atom stereocenters. The van der Waals surface area contributed by atoms with E-state index in [1.165, 1.54) is 0 Å². The number of hydrogen-bond acceptors (Lipinski definition) is 3. The molecule has 1 heterocycles. The Hall–Kier alpha value is -0.800. The van der Waals surface area contributed by atoms with Crippen LogP contribution in [-0.4, -0.2) is 25.0 Å². The van der Waals surface area contributed by atoms with E-state index in [9.17, 15) is 0 Å². The topological polar surface area (TPSA) is 42.4 Å². The van der Waals surface area contributed by atoms with Crippen LogP contribution in [0.15, 0.2) is 16.5 Å². The molecule has 0 aliphatic carbocycles. The largest absolute Gasteiger partial charge is 0.465 e. The summed E-state index contributed by atoms with van der Waals surface area (Å²) in [4.78, 5) is 2.10. The van der Waals surface area contributed by atoms with Gasteiger partial charge in [-0.25, -0.2) is 0 Å². The van der Waals surface area contributed by atoms with Crippen molar-refractivity contribution in [3.63, 3.8) is 0 Å². The zero-order valence-corrected chi connectivity index (χ0v) is 9.45. The molecule has 1 aromatic rings. The maximum absolute atomic E-state index is 6.06. The minimum absolute atomic E-state index is 0.121. The summed E-state index contributed by atoms with van der Waals surface area (Å²) in [5.74, 6) is 1.90. The molecular weight excluding hydrogens is 176 g/mol. The van der Waals surface area contributed by atoms with Gasteiger partial charge in [0.15, 0.2) is 0 Å². The first-order valence-corrected chi connectivity index (χ1v) is 5.04. The lowest BCUT2D eigenvalue weighted by molar-refractivity contribution is 0.217. The molecule has 0 fully saturated rings. The molecule has 1 aromatic heterocycles. The van der Waals surface area contributed by atoms with Crippen molar-refractivity contribution in [3.05, 3.63) is 23.7 Å². The van der Waals surface area contributed by atoms with Crippen molar-refractivity contribution in [1.29, 1.82) is 0 Å². The highest BCUT2D eigenvalue weighted by molar-refractivity contribution is 5.11. The molecule has 0 spiro atoms. The fourth-order valence-electron chi connectivity index (χ4n) is 1.68. The van der Waals surface area contributed by atoms with E-state index < -0.39 is 0 Å². The molecule has 3 nitrogen and oxygen atoms in total. The molecule has 0 aromatic carbocycles. The highest BCUT2D eigenvalue weighted by Crippen LogP contribution is 2.24. The molecule has 3 heteroatoms. The summed E-state index contributed by atoms with van der Waals surface area (Å²) in [6.45, 7) is 4.05. The predicted molar refractivity (Wildman–Crippen MR) is 58.1 cm³/mol. The second-order valence-electron chi connectivity index (χ2n) is 3.93. The van der Waals surface area contributed by atoms with Crippen molar-refractivity contribution < 1.29 is 4.42 Å². The molecule has 0 aliphatic rings. The van der Waals surface area contributed by atoms with E-state index >= 15 is 0 Å². The van der Waals surface area contributed by atoms with Crippen LogP contribution in [0.25, 0.3) is 0 Å². The van der Waals surface area contributed by atoms with Crippen LogP contribution >= 0.6 is 0 Å². The minimum atomic E-state index is 0.121. The number of likely N-dealkylation sites (N-methyl/N-ethyl adjacent to an activating group) is 1. The van der Waals surface area contributed by atoms with Gasteiger partial charge in [-0.3, -0.25) is 4.90 Å². The molecular formula is C11H20N2O. The van der Waals surface area contributed by atoms with Crippen LogP contribution in [0.1, 0.15) is 30.9 Å². The molecule has 0 saturated heterocycles. The Labute approximate surface area is 85.9 Å². The summed E-state index contributed by atoms with van der Waals surface area (Å²) in [7, 11) is 4.05. The first kappa shape index (κ1) is 11.3. The zero-order valence-electron chi connectivity index (χ0n) is 9.45. The molecule has 1 rings (SSSR count). The van der Waals surface area contributed by atoms with E-state index in [4.69, 9.17) is 10.2 Å². The Kier molecular flexibility index (Phi) is 3.72. The lowest BCUT2D eigenvalue weighted by Gasteiger charge is -2.27. The van der Waals surface area contributed by atoms with Crippen LogP contribution < -0.4 is 5.73 Å². The van der Waals surface area contributed by atoms with E-state index in [-0.39, 0.29) is 12.1 Å². The summed E-state index contributed by atoms with van der Waals surface area (Å²) in [5, 5.41) is 0. The SMILES string of the molecule is CCC(N)C(c1ccc(C)o1)N(C)C. The second-order valence-corrected chi connectivity index (χ2v) is 3.93. The third-order valence-corrected chi connectivity index (χ3v) is 2.49. The highest BCUT2D eigenvalue weighted by atomic mass is 16.3. The molecule has 2 unspecified atom stereocenters. The monoisotopic (exact) mass is 196 g/mol. The number of rotatable bonds is 4. The Morgan fingerprint density at radius 1 is 1.43 bits per heavy atom. The van der Waals surface area contributed by atoms with Crippen molar-refractivity contribution in [1.82, 2.24) is 4.90 Å². The number of nitrogens with two attached hydrogens (primary N) is 1. The number of furan rings is 1. The van der Waals surface area contributed by atoms with Crippen LogP contribution in [0.2, 0.25) is 0 Å². The van der Waals surface area contributed by atoms with Crippen molar-refractivity contribution in [2.24, 2.45) is 5.73 Å². The van der Waals surface area contributed by atoms with Gasteiger partial charge >= 0.3 is 0 Å². The Balaban J connectivity index is 2.88. The predicted octanol–water partition coefficient (Wildman–Crippen LogP) is 1.93. The number of nitrogens with zero attached hydrogens (tertiary/aromatic N) is 1. The van der Waals surface area contributed by atoms with Crippen molar-refractivity contribution in [2.45, 2.75) is 32.4 Å². The van der Waals surface area contributed by atoms with E-state index in [2.05, 4.69) is 11.8 Å². The average molecular weight is 196 g/mol. The van der Waals surface area contributed by atoms with Gasteiger partial charge in [0.05, 0.1) is 6.04 Å². The van der Waals surface area contributed by atoms with E-state index in [1.54, 1.807) is 0 Å². The van der Waals surface area contributed by atoms with Crippen molar-refractivity contribution >= 4 is 0 Å².